The molecular weight excluding hydrogens is 274 g/mol. The van der Waals surface area contributed by atoms with Crippen LogP contribution < -0.4 is 5.32 Å². The van der Waals surface area contributed by atoms with Crippen LogP contribution in [0.2, 0.25) is 0 Å². The van der Waals surface area contributed by atoms with Gasteiger partial charge in [0.15, 0.2) is 0 Å². The maximum absolute atomic E-state index is 12.5. The van der Waals surface area contributed by atoms with Crippen LogP contribution in [-0.4, -0.2) is 41.1 Å². The number of nitrogens with zero attached hydrogens (tertiary/aromatic N) is 2. The van der Waals surface area contributed by atoms with E-state index in [1.165, 1.54) is 31.5 Å². The molecule has 0 bridgehead atoms. The summed E-state index contributed by atoms with van der Waals surface area (Å²) in [7, 11) is 0. The van der Waals surface area contributed by atoms with Crippen molar-refractivity contribution >= 4 is 5.91 Å². The summed E-state index contributed by atoms with van der Waals surface area (Å²) in [6, 6.07) is 3.27. The van der Waals surface area contributed by atoms with Gasteiger partial charge in [0, 0.05) is 36.6 Å². The number of aromatic nitrogens is 1. The van der Waals surface area contributed by atoms with E-state index in [-0.39, 0.29) is 5.91 Å². The number of hydrogen-bond acceptors (Lipinski definition) is 2. The number of carbonyl (C=O) groups is 1. The maximum Gasteiger partial charge on any atom is 0.253 e. The molecule has 1 N–H and O–H groups in total. The van der Waals surface area contributed by atoms with E-state index in [0.717, 1.165) is 30.4 Å². The van der Waals surface area contributed by atoms with E-state index in [1.807, 2.05) is 13.0 Å². The molecule has 1 aliphatic carbocycles. The molecule has 0 radical (unpaired) electrons. The van der Waals surface area contributed by atoms with Gasteiger partial charge in [0.2, 0.25) is 0 Å². The molecule has 1 atom stereocenters. The molecule has 2 fully saturated rings. The highest BCUT2D eigenvalue weighted by atomic mass is 16.1. The number of hydrogen-bond donors (Lipinski definition) is 1. The standard InChI is InChI=1S/C18H29N3O/c1-12(2)21-13(3)9-17(14(21)4)18(22)19-10-15-7-8-20(11-15)16-5-6-16/h9,12,15-16H,5-8,10-11H2,1-4H3,(H,19,22). The summed E-state index contributed by atoms with van der Waals surface area (Å²) < 4.78 is 2.24. The largest absolute Gasteiger partial charge is 0.352 e. The minimum atomic E-state index is 0.0878. The highest BCUT2D eigenvalue weighted by Crippen LogP contribution is 2.31. The van der Waals surface area contributed by atoms with Crippen LogP contribution >= 0.6 is 0 Å². The van der Waals surface area contributed by atoms with Crippen molar-refractivity contribution in [3.05, 3.63) is 23.0 Å². The fourth-order valence-electron chi connectivity index (χ4n) is 3.93. The molecule has 1 amide bonds. The van der Waals surface area contributed by atoms with E-state index in [9.17, 15) is 4.79 Å². The van der Waals surface area contributed by atoms with Crippen LogP contribution in [0.15, 0.2) is 6.07 Å². The number of rotatable bonds is 5. The second-order valence-electron chi connectivity index (χ2n) is 7.34. The van der Waals surface area contributed by atoms with Crippen molar-refractivity contribution < 1.29 is 4.79 Å². The van der Waals surface area contributed by atoms with E-state index >= 15 is 0 Å². The molecule has 2 heterocycles. The van der Waals surface area contributed by atoms with Crippen molar-refractivity contribution in [2.75, 3.05) is 19.6 Å². The molecule has 3 rings (SSSR count). The second-order valence-corrected chi connectivity index (χ2v) is 7.34. The van der Waals surface area contributed by atoms with Crippen LogP contribution in [0.25, 0.3) is 0 Å². The molecule has 1 saturated heterocycles. The molecule has 1 aliphatic heterocycles. The Kier molecular flexibility index (Phi) is 4.31. The van der Waals surface area contributed by atoms with Crippen LogP contribution in [-0.2, 0) is 0 Å². The van der Waals surface area contributed by atoms with E-state index < -0.39 is 0 Å². The van der Waals surface area contributed by atoms with Crippen molar-refractivity contribution in [1.82, 2.24) is 14.8 Å². The fraction of sp³-hybridized carbons (Fsp3) is 0.722. The van der Waals surface area contributed by atoms with E-state index in [0.29, 0.717) is 12.0 Å². The van der Waals surface area contributed by atoms with Crippen molar-refractivity contribution in [1.29, 1.82) is 0 Å². The molecule has 2 aliphatic rings. The van der Waals surface area contributed by atoms with Gasteiger partial charge in [-0.15, -0.1) is 0 Å². The Balaban J connectivity index is 1.57. The molecule has 1 aromatic rings. The van der Waals surface area contributed by atoms with Gasteiger partial charge >= 0.3 is 0 Å². The van der Waals surface area contributed by atoms with E-state index in [4.69, 9.17) is 0 Å². The van der Waals surface area contributed by atoms with Gasteiger partial charge in [0.25, 0.3) is 5.91 Å². The van der Waals surface area contributed by atoms with Crippen molar-refractivity contribution in [2.45, 2.75) is 59.0 Å². The van der Waals surface area contributed by atoms with E-state index in [1.54, 1.807) is 0 Å². The monoisotopic (exact) mass is 303 g/mol. The van der Waals surface area contributed by atoms with Crippen molar-refractivity contribution in [2.24, 2.45) is 5.92 Å². The lowest BCUT2D eigenvalue weighted by molar-refractivity contribution is 0.0946. The van der Waals surface area contributed by atoms with Gasteiger partial charge in [0.1, 0.15) is 0 Å². The van der Waals surface area contributed by atoms with Gasteiger partial charge < -0.3 is 14.8 Å². The first-order chi connectivity index (χ1) is 10.5. The van der Waals surface area contributed by atoms with Gasteiger partial charge in [-0.2, -0.15) is 0 Å². The molecule has 1 unspecified atom stereocenters. The molecule has 1 saturated carbocycles. The third-order valence-electron chi connectivity index (χ3n) is 5.18. The first kappa shape index (κ1) is 15.6. The Morgan fingerprint density at radius 2 is 2.05 bits per heavy atom. The fourth-order valence-corrected chi connectivity index (χ4v) is 3.93. The SMILES string of the molecule is Cc1cc(C(=O)NCC2CCN(C3CC3)C2)c(C)n1C(C)C. The smallest absolute Gasteiger partial charge is 0.253 e. The summed E-state index contributed by atoms with van der Waals surface area (Å²) in [6.07, 6.45) is 3.97. The van der Waals surface area contributed by atoms with E-state index in [2.05, 4.69) is 35.6 Å². The third kappa shape index (κ3) is 3.07. The summed E-state index contributed by atoms with van der Waals surface area (Å²) in [4.78, 5) is 15.1. The Labute approximate surface area is 133 Å². The highest BCUT2D eigenvalue weighted by Gasteiger charge is 2.34. The van der Waals surface area contributed by atoms with Crippen LogP contribution in [0, 0.1) is 19.8 Å². The molecule has 0 aromatic carbocycles. The summed E-state index contributed by atoms with van der Waals surface area (Å²) >= 11 is 0. The summed E-state index contributed by atoms with van der Waals surface area (Å²) in [6.45, 7) is 11.6. The molecular formula is C18H29N3O. The molecule has 1 aromatic heterocycles. The lowest BCUT2D eigenvalue weighted by Crippen LogP contribution is -2.31. The highest BCUT2D eigenvalue weighted by molar-refractivity contribution is 5.95. The van der Waals surface area contributed by atoms with Gasteiger partial charge in [-0.05, 0) is 65.5 Å². The quantitative estimate of drug-likeness (QED) is 0.908. The lowest BCUT2D eigenvalue weighted by atomic mass is 10.1. The van der Waals surface area contributed by atoms with Gasteiger partial charge in [-0.1, -0.05) is 0 Å². The predicted molar refractivity (Wildman–Crippen MR) is 89.3 cm³/mol. The van der Waals surface area contributed by atoms with Gasteiger partial charge in [0.05, 0.1) is 5.56 Å². The predicted octanol–water partition coefficient (Wildman–Crippen LogP) is 2.90. The molecule has 0 spiro atoms. The maximum atomic E-state index is 12.5. The Morgan fingerprint density at radius 1 is 1.32 bits per heavy atom. The molecule has 122 valence electrons. The summed E-state index contributed by atoms with van der Waals surface area (Å²) in [5, 5.41) is 3.16. The van der Waals surface area contributed by atoms with Crippen LogP contribution in [0.4, 0.5) is 0 Å². The number of carbonyl (C=O) groups excluding carboxylic acids is 1. The third-order valence-corrected chi connectivity index (χ3v) is 5.18. The topological polar surface area (TPSA) is 37.3 Å². The van der Waals surface area contributed by atoms with Crippen molar-refractivity contribution in [3.8, 4) is 0 Å². The van der Waals surface area contributed by atoms with Crippen LogP contribution in [0.3, 0.4) is 0 Å². The number of nitrogens with one attached hydrogen (secondary N) is 1. The zero-order valence-electron chi connectivity index (χ0n) is 14.4. The lowest BCUT2D eigenvalue weighted by Gasteiger charge is -2.15. The Hall–Kier alpha value is -1.29. The van der Waals surface area contributed by atoms with Crippen molar-refractivity contribution in [3.63, 3.8) is 0 Å². The molecule has 4 heteroatoms. The normalized spacial score (nSPS) is 22.5. The second kappa shape index (κ2) is 6.07. The van der Waals surface area contributed by atoms with Gasteiger partial charge in [-0.3, -0.25) is 4.79 Å². The average molecular weight is 303 g/mol. The first-order valence-corrected chi connectivity index (χ1v) is 8.68. The minimum Gasteiger partial charge on any atom is -0.352 e. The zero-order valence-corrected chi connectivity index (χ0v) is 14.4. The molecule has 4 nitrogen and oxygen atoms in total. The Morgan fingerprint density at radius 3 is 2.64 bits per heavy atom. The zero-order chi connectivity index (χ0) is 15.9. The summed E-state index contributed by atoms with van der Waals surface area (Å²) in [5.74, 6) is 0.711. The minimum absolute atomic E-state index is 0.0878. The number of likely N-dealkylation sites (tertiary alicyclic amines) is 1. The number of aryl methyl sites for hydroxylation is 1. The van der Waals surface area contributed by atoms with Crippen LogP contribution in [0.5, 0.6) is 0 Å². The Bertz CT molecular complexity index is 557. The summed E-state index contributed by atoms with van der Waals surface area (Å²) in [5.41, 5.74) is 3.08. The molecule has 22 heavy (non-hydrogen) atoms. The van der Waals surface area contributed by atoms with Gasteiger partial charge in [-0.25, -0.2) is 0 Å². The first-order valence-electron chi connectivity index (χ1n) is 8.68. The average Bonchev–Trinajstić information content (AvgIpc) is 3.12. The number of amides is 1. The van der Waals surface area contributed by atoms with Crippen LogP contribution in [0.1, 0.15) is 60.9 Å².